The average molecular weight is 401 g/mol. The topological polar surface area (TPSA) is 80.6 Å². The van der Waals surface area contributed by atoms with Crippen LogP contribution in [0.3, 0.4) is 0 Å². The molecule has 0 amide bonds. The van der Waals surface area contributed by atoms with Gasteiger partial charge in [-0.2, -0.15) is 0 Å². The molecule has 0 unspecified atom stereocenters. The predicted octanol–water partition coefficient (Wildman–Crippen LogP) is 1.65. The Bertz CT molecular complexity index is 1150. The summed E-state index contributed by atoms with van der Waals surface area (Å²) >= 11 is 0. The molecule has 1 aromatic heterocycles. The number of hydrogen-bond acceptors (Lipinski definition) is 6. The van der Waals surface area contributed by atoms with E-state index in [1.165, 1.54) is 10.8 Å². The highest BCUT2D eigenvalue weighted by molar-refractivity contribution is 5.97. The van der Waals surface area contributed by atoms with Gasteiger partial charge in [0.05, 0.1) is 10.9 Å². The number of carbonyl (C=O) groups excluding carboxylic acids is 2. The Kier molecular flexibility index (Phi) is 4.02. The van der Waals surface area contributed by atoms with Gasteiger partial charge >= 0.3 is 12.4 Å². The van der Waals surface area contributed by atoms with Gasteiger partial charge in [0.25, 0.3) is 0 Å². The first-order chi connectivity index (χ1) is 14.0. The zero-order valence-corrected chi connectivity index (χ0v) is 15.3. The summed E-state index contributed by atoms with van der Waals surface area (Å²) in [5, 5.41) is 2.98. The molecule has 0 spiro atoms. The second-order valence-corrected chi connectivity index (χ2v) is 7.60. The lowest BCUT2D eigenvalue weighted by molar-refractivity contribution is -0.123. The number of ether oxygens (including phenoxy) is 1. The van der Waals surface area contributed by atoms with Gasteiger partial charge in [-0.05, 0) is 30.1 Å². The molecule has 1 aliphatic carbocycles. The van der Waals surface area contributed by atoms with E-state index in [0.29, 0.717) is 26.2 Å². The molecule has 29 heavy (non-hydrogen) atoms. The van der Waals surface area contributed by atoms with Gasteiger partial charge in [-0.15, -0.1) is 0 Å². The molecule has 0 radical (unpaired) electrons. The number of esters is 1. The smallest absolute Gasteiger partial charge is 0.351 e. The van der Waals surface area contributed by atoms with Crippen LogP contribution in [0.5, 0.6) is 0 Å². The van der Waals surface area contributed by atoms with E-state index in [1.54, 1.807) is 4.90 Å². The first kappa shape index (κ1) is 18.0. The molecule has 3 aliphatic rings. The number of hydrogen-bond donors (Lipinski definition) is 1. The SMILES string of the molecule is O=COC(=O)c1cn(C2CC2)c2c(F)c(N3CC4=C(CNC4)C3)c(F)cc2c1=O. The number of pyridine rings is 1. The van der Waals surface area contributed by atoms with Crippen LogP contribution in [0, 0.1) is 11.6 Å². The van der Waals surface area contributed by atoms with Crippen molar-refractivity contribution in [1.29, 1.82) is 0 Å². The minimum absolute atomic E-state index is 0.0262. The minimum Gasteiger partial charge on any atom is -0.392 e. The average Bonchev–Trinajstić information content (AvgIpc) is 3.31. The quantitative estimate of drug-likeness (QED) is 0.363. The van der Waals surface area contributed by atoms with Gasteiger partial charge in [0.15, 0.2) is 5.82 Å². The van der Waals surface area contributed by atoms with Crippen LogP contribution < -0.4 is 15.6 Å². The summed E-state index contributed by atoms with van der Waals surface area (Å²) in [7, 11) is 0. The number of benzene rings is 1. The molecule has 1 fully saturated rings. The Labute approximate surface area is 163 Å². The molecule has 7 nitrogen and oxygen atoms in total. The van der Waals surface area contributed by atoms with Crippen LogP contribution in [0.2, 0.25) is 0 Å². The molecule has 1 saturated carbocycles. The van der Waals surface area contributed by atoms with Crippen LogP contribution in [0.1, 0.15) is 29.2 Å². The van der Waals surface area contributed by atoms with Gasteiger partial charge in [-0.1, -0.05) is 0 Å². The molecular weight excluding hydrogens is 384 g/mol. The van der Waals surface area contributed by atoms with Crippen LogP contribution in [-0.4, -0.2) is 43.2 Å². The van der Waals surface area contributed by atoms with Crippen molar-refractivity contribution in [2.24, 2.45) is 0 Å². The summed E-state index contributed by atoms with van der Waals surface area (Å²) in [6.07, 6.45) is 2.71. The van der Waals surface area contributed by atoms with E-state index in [4.69, 9.17) is 0 Å². The third-order valence-electron chi connectivity index (χ3n) is 5.76. The van der Waals surface area contributed by atoms with Gasteiger partial charge < -0.3 is 19.5 Å². The molecule has 1 aromatic carbocycles. The largest absolute Gasteiger partial charge is 0.392 e. The first-order valence-electron chi connectivity index (χ1n) is 9.36. The van der Waals surface area contributed by atoms with Gasteiger partial charge in [0.2, 0.25) is 5.43 Å². The van der Waals surface area contributed by atoms with E-state index in [1.807, 2.05) is 0 Å². The van der Waals surface area contributed by atoms with Gasteiger partial charge in [-0.25, -0.2) is 13.6 Å². The second-order valence-electron chi connectivity index (χ2n) is 7.60. The van der Waals surface area contributed by atoms with Crippen molar-refractivity contribution in [1.82, 2.24) is 9.88 Å². The lowest BCUT2D eigenvalue weighted by atomic mass is 10.1. The standard InChI is InChI=1S/C20H17F2N3O4/c21-15-3-13-17(16(22)18(15)24-6-10-4-23-5-11(10)7-24)25(12-1-2-12)8-14(19(13)27)20(28)29-9-26/h3,8-9,12,23H,1-2,4-7H2. The third kappa shape index (κ3) is 2.76. The lowest BCUT2D eigenvalue weighted by Gasteiger charge is -2.23. The van der Waals surface area contributed by atoms with Crippen molar-refractivity contribution >= 4 is 29.0 Å². The van der Waals surface area contributed by atoms with Gasteiger partial charge in [-0.3, -0.25) is 9.59 Å². The molecule has 0 bridgehead atoms. The number of carbonyl (C=O) groups is 2. The Hall–Kier alpha value is -3.07. The zero-order chi connectivity index (χ0) is 20.3. The van der Waals surface area contributed by atoms with E-state index in [0.717, 1.165) is 30.1 Å². The third-order valence-corrected chi connectivity index (χ3v) is 5.76. The maximum absolute atomic E-state index is 15.6. The highest BCUT2D eigenvalue weighted by Crippen LogP contribution is 2.40. The first-order valence-corrected chi connectivity index (χ1v) is 9.36. The lowest BCUT2D eigenvalue weighted by Crippen LogP contribution is -2.29. The van der Waals surface area contributed by atoms with Crippen LogP contribution in [-0.2, 0) is 9.53 Å². The number of nitrogens with zero attached hydrogens (tertiary/aromatic N) is 2. The van der Waals surface area contributed by atoms with Crippen LogP contribution in [0.25, 0.3) is 10.9 Å². The summed E-state index contributed by atoms with van der Waals surface area (Å²) in [5.74, 6) is -2.81. The van der Waals surface area contributed by atoms with Crippen molar-refractivity contribution in [3.63, 3.8) is 0 Å². The molecule has 2 aromatic rings. The van der Waals surface area contributed by atoms with E-state index in [2.05, 4.69) is 10.1 Å². The highest BCUT2D eigenvalue weighted by atomic mass is 19.1. The normalized spacial score (nSPS) is 18.5. The van der Waals surface area contributed by atoms with Crippen molar-refractivity contribution in [3.8, 4) is 0 Å². The maximum atomic E-state index is 15.6. The predicted molar refractivity (Wildman–Crippen MR) is 100.0 cm³/mol. The molecule has 150 valence electrons. The van der Waals surface area contributed by atoms with Crippen molar-refractivity contribution < 1.29 is 23.1 Å². The summed E-state index contributed by atoms with van der Waals surface area (Å²) in [6, 6.07) is 0.883. The molecule has 3 heterocycles. The summed E-state index contributed by atoms with van der Waals surface area (Å²) < 4.78 is 36.4. The second kappa shape index (κ2) is 6.48. The maximum Gasteiger partial charge on any atom is 0.351 e. The summed E-state index contributed by atoms with van der Waals surface area (Å²) in [5.41, 5.74) is 0.798. The fraction of sp³-hybridized carbons (Fsp3) is 0.350. The molecule has 5 rings (SSSR count). The van der Waals surface area contributed by atoms with E-state index >= 15 is 4.39 Å². The summed E-state index contributed by atoms with van der Waals surface area (Å²) in [6.45, 7) is 2.19. The number of rotatable bonds is 4. The Balaban J connectivity index is 1.70. The number of aromatic nitrogens is 1. The fourth-order valence-corrected chi connectivity index (χ4v) is 4.24. The summed E-state index contributed by atoms with van der Waals surface area (Å²) in [4.78, 5) is 36.9. The Morgan fingerprint density at radius 3 is 2.52 bits per heavy atom. The van der Waals surface area contributed by atoms with Crippen LogP contribution >= 0.6 is 0 Å². The van der Waals surface area contributed by atoms with E-state index in [9.17, 15) is 18.8 Å². The van der Waals surface area contributed by atoms with Crippen molar-refractivity contribution in [3.05, 3.63) is 50.8 Å². The van der Waals surface area contributed by atoms with Crippen molar-refractivity contribution in [2.45, 2.75) is 18.9 Å². The fourth-order valence-electron chi connectivity index (χ4n) is 4.24. The van der Waals surface area contributed by atoms with Crippen LogP contribution in [0.4, 0.5) is 14.5 Å². The Morgan fingerprint density at radius 2 is 1.90 bits per heavy atom. The number of halogens is 2. The minimum atomic E-state index is -1.14. The van der Waals surface area contributed by atoms with Crippen molar-refractivity contribution in [2.75, 3.05) is 31.1 Å². The van der Waals surface area contributed by atoms with E-state index < -0.39 is 28.6 Å². The number of fused-ring (bicyclic) bond motifs is 1. The van der Waals surface area contributed by atoms with Crippen LogP contribution in [0.15, 0.2) is 28.2 Å². The van der Waals surface area contributed by atoms with Gasteiger partial charge in [0.1, 0.15) is 17.1 Å². The molecule has 2 aliphatic heterocycles. The van der Waals surface area contributed by atoms with Gasteiger partial charge in [0, 0.05) is 38.4 Å². The molecule has 0 atom stereocenters. The molecular formula is C20H17F2N3O4. The monoisotopic (exact) mass is 401 g/mol. The zero-order valence-electron chi connectivity index (χ0n) is 15.3. The highest BCUT2D eigenvalue weighted by Gasteiger charge is 2.33. The Morgan fingerprint density at radius 1 is 1.21 bits per heavy atom. The number of anilines is 1. The number of nitrogens with one attached hydrogen (secondary N) is 1. The molecule has 1 N–H and O–H groups in total. The van der Waals surface area contributed by atoms with E-state index in [-0.39, 0.29) is 29.1 Å². The molecule has 0 saturated heterocycles. The molecule has 9 heteroatoms.